The van der Waals surface area contributed by atoms with E-state index in [4.69, 9.17) is 5.11 Å². The van der Waals surface area contributed by atoms with Gasteiger partial charge in [0.1, 0.15) is 15.9 Å². The van der Waals surface area contributed by atoms with Gasteiger partial charge in [-0.2, -0.15) is 0 Å². The molecule has 1 saturated heterocycles. The Morgan fingerprint density at radius 1 is 1.35 bits per heavy atom. The lowest BCUT2D eigenvalue weighted by molar-refractivity contribution is -0.133. The van der Waals surface area contributed by atoms with Crippen molar-refractivity contribution in [1.82, 2.24) is 15.1 Å². The Morgan fingerprint density at radius 3 is 2.54 bits per heavy atom. The van der Waals surface area contributed by atoms with E-state index in [1.54, 1.807) is 4.90 Å². The van der Waals surface area contributed by atoms with Crippen LogP contribution in [0.25, 0.3) is 0 Å². The number of sulfone groups is 1. The summed E-state index contributed by atoms with van der Waals surface area (Å²) in [5.74, 6) is -0.301. The van der Waals surface area contributed by atoms with E-state index in [-0.39, 0.29) is 23.6 Å². The lowest BCUT2D eigenvalue weighted by Gasteiger charge is -2.44. The number of carbonyl (C=O) groups is 2. The summed E-state index contributed by atoms with van der Waals surface area (Å²) in [4.78, 5) is 27.4. The quantitative estimate of drug-likeness (QED) is 0.695. The molecule has 2 aliphatic rings. The Hall–Kier alpha value is -1.35. The van der Waals surface area contributed by atoms with Crippen molar-refractivity contribution in [2.24, 2.45) is 5.92 Å². The number of nitrogens with one attached hydrogen (secondary N) is 1. The third-order valence-electron chi connectivity index (χ3n) is 5.76. The average molecular weight is 390 g/mol. The van der Waals surface area contributed by atoms with Gasteiger partial charge in [-0.25, -0.2) is 13.2 Å². The predicted molar refractivity (Wildman–Crippen MR) is 98.8 cm³/mol. The van der Waals surface area contributed by atoms with Gasteiger partial charge in [-0.1, -0.05) is 0 Å². The van der Waals surface area contributed by atoms with Crippen molar-refractivity contribution < 1.29 is 23.1 Å². The first-order valence-corrected chi connectivity index (χ1v) is 11.2. The molecule has 4 atom stereocenters. The molecule has 9 heteroatoms. The Labute approximate surface area is 155 Å². The minimum Gasteiger partial charge on any atom is -0.465 e. The zero-order chi connectivity index (χ0) is 19.6. The summed E-state index contributed by atoms with van der Waals surface area (Å²) in [7, 11) is -1.12. The van der Waals surface area contributed by atoms with Gasteiger partial charge < -0.3 is 20.2 Å². The van der Waals surface area contributed by atoms with Crippen LogP contribution in [0.15, 0.2) is 0 Å². The van der Waals surface area contributed by atoms with Crippen molar-refractivity contribution in [3.8, 4) is 0 Å². The second-order valence-corrected chi connectivity index (χ2v) is 10.2. The number of carboxylic acid groups (broad SMARTS) is 1. The Balaban J connectivity index is 2.16. The van der Waals surface area contributed by atoms with Crippen molar-refractivity contribution in [2.45, 2.75) is 63.7 Å². The van der Waals surface area contributed by atoms with Gasteiger partial charge in [0.2, 0.25) is 5.91 Å². The second kappa shape index (κ2) is 8.12. The van der Waals surface area contributed by atoms with Crippen LogP contribution in [0.3, 0.4) is 0 Å². The maximum Gasteiger partial charge on any atom is 0.405 e. The van der Waals surface area contributed by atoms with Crippen LogP contribution in [-0.4, -0.2) is 85.1 Å². The van der Waals surface area contributed by atoms with Crippen LogP contribution in [0.5, 0.6) is 0 Å². The van der Waals surface area contributed by atoms with E-state index in [1.165, 1.54) is 6.26 Å². The van der Waals surface area contributed by atoms with E-state index in [0.29, 0.717) is 25.0 Å². The predicted octanol–water partition coefficient (Wildman–Crippen LogP) is 0.777. The molecule has 0 aromatic rings. The number of nitrogens with zero attached hydrogens (tertiary/aromatic N) is 2. The van der Waals surface area contributed by atoms with Crippen molar-refractivity contribution in [2.75, 3.05) is 25.6 Å². The van der Waals surface area contributed by atoms with Crippen molar-refractivity contribution in [3.63, 3.8) is 0 Å². The zero-order valence-corrected chi connectivity index (χ0v) is 16.8. The molecule has 1 aliphatic heterocycles. The van der Waals surface area contributed by atoms with Gasteiger partial charge in [0.15, 0.2) is 0 Å². The number of rotatable bonds is 6. The van der Waals surface area contributed by atoms with Crippen LogP contribution in [0, 0.1) is 5.92 Å². The molecule has 26 heavy (non-hydrogen) atoms. The summed E-state index contributed by atoms with van der Waals surface area (Å²) in [6, 6.07) is -0.200. The molecule has 1 saturated carbocycles. The van der Waals surface area contributed by atoms with E-state index >= 15 is 0 Å². The number of hydrogen-bond donors (Lipinski definition) is 2. The fourth-order valence-corrected chi connectivity index (χ4v) is 5.44. The molecule has 0 bridgehead atoms. The van der Waals surface area contributed by atoms with Crippen LogP contribution < -0.4 is 5.32 Å². The largest absolute Gasteiger partial charge is 0.465 e. The van der Waals surface area contributed by atoms with E-state index in [0.717, 1.165) is 19.3 Å². The number of likely N-dealkylation sites (tertiary alicyclic amines) is 1. The molecule has 0 aromatic carbocycles. The van der Waals surface area contributed by atoms with Gasteiger partial charge in [-0.3, -0.25) is 4.79 Å². The highest BCUT2D eigenvalue weighted by Gasteiger charge is 2.43. The molecule has 2 N–H and O–H groups in total. The minimum atomic E-state index is -3.17. The number of hydrogen-bond acceptors (Lipinski definition) is 5. The maximum atomic E-state index is 12.6. The van der Waals surface area contributed by atoms with Gasteiger partial charge in [0.25, 0.3) is 0 Å². The maximum absolute atomic E-state index is 12.6. The summed E-state index contributed by atoms with van der Waals surface area (Å²) in [5, 5.41) is 11.1. The Bertz CT molecular complexity index is 636. The average Bonchev–Trinajstić information content (AvgIpc) is 2.85. The Kier molecular flexibility index (Phi) is 6.55. The van der Waals surface area contributed by atoms with Crippen LogP contribution >= 0.6 is 0 Å². The fourth-order valence-electron chi connectivity index (χ4n) is 4.31. The lowest BCUT2D eigenvalue weighted by Crippen LogP contribution is -2.53. The summed E-state index contributed by atoms with van der Waals surface area (Å²) >= 11 is 0. The molecule has 0 radical (unpaired) electrons. The first-order chi connectivity index (χ1) is 12.0. The van der Waals surface area contributed by atoms with Crippen molar-refractivity contribution >= 4 is 21.8 Å². The molecular formula is C17H31N3O5S. The molecule has 0 spiro atoms. The van der Waals surface area contributed by atoms with E-state index in [9.17, 15) is 18.0 Å². The number of amides is 2. The molecule has 8 nitrogen and oxygen atoms in total. The van der Waals surface area contributed by atoms with Crippen LogP contribution in [0.2, 0.25) is 0 Å². The van der Waals surface area contributed by atoms with Crippen LogP contribution in [0.1, 0.15) is 39.5 Å². The summed E-state index contributed by atoms with van der Waals surface area (Å²) in [6.45, 7) is 4.70. The first kappa shape index (κ1) is 21.0. The molecular weight excluding hydrogens is 358 g/mol. The topological polar surface area (TPSA) is 107 Å². The molecule has 1 aliphatic carbocycles. The minimum absolute atomic E-state index is 0.0565. The second-order valence-electron chi connectivity index (χ2n) is 7.97. The molecule has 2 rings (SSSR count). The summed E-state index contributed by atoms with van der Waals surface area (Å²) in [5.41, 5.74) is 0. The summed E-state index contributed by atoms with van der Waals surface area (Å²) in [6.07, 6.45) is 2.84. The van der Waals surface area contributed by atoms with E-state index in [1.807, 2.05) is 0 Å². The normalized spacial score (nSPS) is 30.2. The highest BCUT2D eigenvalue weighted by Crippen LogP contribution is 2.34. The van der Waals surface area contributed by atoms with Gasteiger partial charge in [-0.15, -0.1) is 0 Å². The highest BCUT2D eigenvalue weighted by molar-refractivity contribution is 7.90. The van der Waals surface area contributed by atoms with Gasteiger partial charge in [-0.05, 0) is 52.5 Å². The van der Waals surface area contributed by atoms with Gasteiger partial charge in [0, 0.05) is 30.9 Å². The number of carbonyl (C=O) groups excluding carboxylic acids is 1. The zero-order valence-electron chi connectivity index (χ0n) is 16.0. The standard InChI is InChI=1S/C17H31N3O5S/c1-11(2)19(3)13-5-6-15(12(9-13)10-26(4,24)25)20-8-7-14(16(20)21)18-17(22)23/h11-15,18H,5-10H2,1-4H3,(H,22,23)/t12-,13-,14+,15+/m1/s1. The van der Waals surface area contributed by atoms with Crippen LogP contribution in [0.4, 0.5) is 4.79 Å². The molecule has 0 aromatic heterocycles. The lowest BCUT2D eigenvalue weighted by atomic mass is 9.81. The molecule has 1 heterocycles. The monoisotopic (exact) mass is 389 g/mol. The smallest absolute Gasteiger partial charge is 0.405 e. The van der Waals surface area contributed by atoms with E-state index < -0.39 is 22.0 Å². The Morgan fingerprint density at radius 2 is 2.00 bits per heavy atom. The fraction of sp³-hybridized carbons (Fsp3) is 0.882. The third-order valence-corrected chi connectivity index (χ3v) is 6.79. The summed E-state index contributed by atoms with van der Waals surface area (Å²) < 4.78 is 23.9. The third kappa shape index (κ3) is 5.09. The molecule has 150 valence electrons. The molecule has 2 fully saturated rings. The first-order valence-electron chi connectivity index (χ1n) is 9.19. The molecule has 0 unspecified atom stereocenters. The van der Waals surface area contributed by atoms with E-state index in [2.05, 4.69) is 31.1 Å². The van der Waals surface area contributed by atoms with Crippen molar-refractivity contribution in [3.05, 3.63) is 0 Å². The van der Waals surface area contributed by atoms with Crippen LogP contribution in [-0.2, 0) is 14.6 Å². The van der Waals surface area contributed by atoms with Gasteiger partial charge in [0.05, 0.1) is 5.75 Å². The SMILES string of the molecule is CC(C)N(C)[C@@H]1CC[C@H](N2CC[C@H](NC(=O)O)C2=O)[C@@H](CS(C)(=O)=O)C1. The highest BCUT2D eigenvalue weighted by atomic mass is 32.2. The van der Waals surface area contributed by atoms with Crippen molar-refractivity contribution in [1.29, 1.82) is 0 Å². The molecule has 2 amide bonds. The van der Waals surface area contributed by atoms with Gasteiger partial charge >= 0.3 is 6.09 Å².